The number of carbonyl (C=O) groups excluding carboxylic acids is 2. The van der Waals surface area contributed by atoms with Gasteiger partial charge in [0.15, 0.2) is 5.16 Å². The molecule has 7 nitrogen and oxygen atoms in total. The fraction of sp³-hybridized carbons (Fsp3) is 0.348. The minimum absolute atomic E-state index is 0.0492. The Balaban J connectivity index is 1.34. The number of morpholine rings is 1. The van der Waals surface area contributed by atoms with Crippen LogP contribution in [-0.2, 0) is 27.3 Å². The van der Waals surface area contributed by atoms with Crippen molar-refractivity contribution < 1.29 is 14.3 Å². The number of thioether (sulfide) groups is 1. The number of hydrogen-bond acceptors (Lipinski definition) is 5. The summed E-state index contributed by atoms with van der Waals surface area (Å²) in [4.78, 5) is 34.2. The number of fused-ring (bicyclic) bond motifs is 2. The van der Waals surface area contributed by atoms with Crippen LogP contribution in [0.4, 0.5) is 5.69 Å². The van der Waals surface area contributed by atoms with Gasteiger partial charge in [0.25, 0.3) is 0 Å². The second-order valence-corrected chi connectivity index (χ2v) is 8.62. The van der Waals surface area contributed by atoms with E-state index in [1.54, 1.807) is 0 Å². The van der Waals surface area contributed by atoms with Crippen LogP contribution in [0.15, 0.2) is 53.7 Å². The van der Waals surface area contributed by atoms with E-state index in [-0.39, 0.29) is 24.1 Å². The molecular weight excluding hydrogens is 412 g/mol. The van der Waals surface area contributed by atoms with Crippen molar-refractivity contribution in [2.24, 2.45) is 0 Å². The van der Waals surface area contributed by atoms with Crippen molar-refractivity contribution in [3.63, 3.8) is 0 Å². The summed E-state index contributed by atoms with van der Waals surface area (Å²) >= 11 is 1.40. The molecule has 2 aliphatic rings. The standard InChI is InChI=1S/C23H24N4O3S/c28-21(25-11-13-30-14-12-25)15-27-20-8-4-2-6-18(20)24-23(27)31-16-22(29)26-10-9-17-5-1-3-7-19(17)26/h1-8H,9-16H2. The number of ether oxygens (including phenoxy) is 1. The molecule has 8 heteroatoms. The Morgan fingerprint density at radius 1 is 0.968 bits per heavy atom. The highest BCUT2D eigenvalue weighted by Crippen LogP contribution is 2.30. The lowest BCUT2D eigenvalue weighted by molar-refractivity contribution is -0.135. The molecule has 0 aliphatic carbocycles. The Morgan fingerprint density at radius 3 is 2.61 bits per heavy atom. The zero-order valence-electron chi connectivity index (χ0n) is 17.2. The van der Waals surface area contributed by atoms with Crippen molar-refractivity contribution in [2.75, 3.05) is 43.5 Å². The first kappa shape index (κ1) is 20.1. The largest absolute Gasteiger partial charge is 0.378 e. The molecule has 3 heterocycles. The normalized spacial score (nSPS) is 16.0. The Morgan fingerprint density at radius 2 is 1.74 bits per heavy atom. The van der Waals surface area contributed by atoms with E-state index in [0.717, 1.165) is 23.1 Å². The zero-order chi connectivity index (χ0) is 21.2. The molecule has 2 amide bonds. The first-order valence-electron chi connectivity index (χ1n) is 10.5. The summed E-state index contributed by atoms with van der Waals surface area (Å²) in [6.07, 6.45) is 0.888. The van der Waals surface area contributed by atoms with Crippen molar-refractivity contribution >= 4 is 40.3 Å². The van der Waals surface area contributed by atoms with Crippen LogP contribution in [0.3, 0.4) is 0 Å². The lowest BCUT2D eigenvalue weighted by Gasteiger charge is -2.27. The number of nitrogens with zero attached hydrogens (tertiary/aromatic N) is 4. The molecule has 0 atom stereocenters. The third-order valence-electron chi connectivity index (χ3n) is 5.79. The minimum atomic E-state index is 0.0492. The van der Waals surface area contributed by atoms with Crippen LogP contribution in [-0.4, -0.2) is 64.9 Å². The molecule has 5 rings (SSSR count). The Bertz CT molecular complexity index is 1120. The maximum Gasteiger partial charge on any atom is 0.242 e. The molecule has 2 aliphatic heterocycles. The van der Waals surface area contributed by atoms with Crippen LogP contribution in [0.25, 0.3) is 11.0 Å². The Kier molecular flexibility index (Phi) is 5.65. The molecule has 3 aromatic rings. The molecule has 0 bridgehead atoms. The van der Waals surface area contributed by atoms with Crippen LogP contribution in [0.2, 0.25) is 0 Å². The van der Waals surface area contributed by atoms with E-state index in [2.05, 4.69) is 6.07 Å². The summed E-state index contributed by atoms with van der Waals surface area (Å²) in [6, 6.07) is 15.8. The van der Waals surface area contributed by atoms with Crippen molar-refractivity contribution in [3.05, 3.63) is 54.1 Å². The summed E-state index contributed by atoms with van der Waals surface area (Å²) in [5.74, 6) is 0.393. The molecule has 31 heavy (non-hydrogen) atoms. The third-order valence-corrected chi connectivity index (χ3v) is 6.75. The van der Waals surface area contributed by atoms with Gasteiger partial charge in [0.1, 0.15) is 6.54 Å². The summed E-state index contributed by atoms with van der Waals surface area (Å²) in [5, 5.41) is 0.698. The van der Waals surface area contributed by atoms with Crippen LogP contribution in [0.1, 0.15) is 5.56 Å². The molecule has 0 spiro atoms. The highest BCUT2D eigenvalue weighted by atomic mass is 32.2. The molecular formula is C23H24N4O3S. The molecule has 1 fully saturated rings. The van der Waals surface area contributed by atoms with Crippen molar-refractivity contribution in [3.8, 4) is 0 Å². The van der Waals surface area contributed by atoms with E-state index in [9.17, 15) is 9.59 Å². The third kappa shape index (κ3) is 4.05. The maximum absolute atomic E-state index is 13.0. The fourth-order valence-electron chi connectivity index (χ4n) is 4.17. The SMILES string of the molecule is O=C(Cn1c(SCC(=O)N2CCc3ccccc32)nc2ccccc21)N1CCOCC1. The van der Waals surface area contributed by atoms with Crippen LogP contribution in [0.5, 0.6) is 0 Å². The second kappa shape index (κ2) is 8.72. The monoisotopic (exact) mass is 436 g/mol. The highest BCUT2D eigenvalue weighted by molar-refractivity contribution is 7.99. The lowest BCUT2D eigenvalue weighted by atomic mass is 10.2. The average molecular weight is 437 g/mol. The number of carbonyl (C=O) groups is 2. The minimum Gasteiger partial charge on any atom is -0.378 e. The number of amides is 2. The lowest BCUT2D eigenvalue weighted by Crippen LogP contribution is -2.42. The van der Waals surface area contributed by atoms with E-state index < -0.39 is 0 Å². The van der Waals surface area contributed by atoms with E-state index >= 15 is 0 Å². The molecule has 0 radical (unpaired) electrons. The number of benzene rings is 2. The van der Waals surface area contributed by atoms with Crippen LogP contribution >= 0.6 is 11.8 Å². The van der Waals surface area contributed by atoms with Gasteiger partial charge in [0.05, 0.1) is 30.0 Å². The summed E-state index contributed by atoms with van der Waals surface area (Å²) in [6.45, 7) is 3.30. The van der Waals surface area contributed by atoms with Gasteiger partial charge >= 0.3 is 0 Å². The van der Waals surface area contributed by atoms with Crippen LogP contribution in [0, 0.1) is 0 Å². The molecule has 1 aromatic heterocycles. The van der Waals surface area contributed by atoms with Gasteiger partial charge in [0, 0.05) is 25.3 Å². The van der Waals surface area contributed by atoms with Crippen molar-refractivity contribution in [1.29, 1.82) is 0 Å². The predicted molar refractivity (Wildman–Crippen MR) is 120 cm³/mol. The number of rotatable bonds is 5. The maximum atomic E-state index is 13.0. The molecule has 2 aromatic carbocycles. The number of hydrogen-bond donors (Lipinski definition) is 0. The van der Waals surface area contributed by atoms with Gasteiger partial charge in [-0.1, -0.05) is 42.1 Å². The quantitative estimate of drug-likeness (QED) is 0.575. The first-order chi connectivity index (χ1) is 15.2. The van der Waals surface area contributed by atoms with Gasteiger partial charge in [-0.3, -0.25) is 9.59 Å². The van der Waals surface area contributed by atoms with Crippen molar-refractivity contribution in [1.82, 2.24) is 14.5 Å². The van der Waals surface area contributed by atoms with Gasteiger partial charge < -0.3 is 19.1 Å². The second-order valence-electron chi connectivity index (χ2n) is 7.68. The van der Waals surface area contributed by atoms with Crippen molar-refractivity contribution in [2.45, 2.75) is 18.1 Å². The average Bonchev–Trinajstić information content (AvgIpc) is 3.40. The number of anilines is 1. The predicted octanol–water partition coefficient (Wildman–Crippen LogP) is 2.58. The molecule has 160 valence electrons. The van der Waals surface area contributed by atoms with Gasteiger partial charge in [-0.2, -0.15) is 0 Å². The smallest absolute Gasteiger partial charge is 0.242 e. The van der Waals surface area contributed by atoms with E-state index in [0.29, 0.717) is 38.0 Å². The van der Waals surface area contributed by atoms with E-state index in [1.165, 1.54) is 17.3 Å². The topological polar surface area (TPSA) is 67.7 Å². The zero-order valence-corrected chi connectivity index (χ0v) is 18.0. The van der Waals surface area contributed by atoms with E-state index in [1.807, 2.05) is 56.8 Å². The van der Waals surface area contributed by atoms with Crippen LogP contribution < -0.4 is 4.90 Å². The highest BCUT2D eigenvalue weighted by Gasteiger charge is 2.25. The Labute approximate surface area is 185 Å². The molecule has 0 saturated carbocycles. The van der Waals surface area contributed by atoms with Gasteiger partial charge in [-0.25, -0.2) is 4.98 Å². The van der Waals surface area contributed by atoms with Gasteiger partial charge in [-0.05, 0) is 30.2 Å². The molecule has 0 N–H and O–H groups in total. The fourth-order valence-corrected chi connectivity index (χ4v) is 5.06. The number of aromatic nitrogens is 2. The van der Waals surface area contributed by atoms with E-state index in [4.69, 9.17) is 9.72 Å². The first-order valence-corrected chi connectivity index (χ1v) is 11.5. The summed E-state index contributed by atoms with van der Waals surface area (Å²) in [5.41, 5.74) is 3.96. The summed E-state index contributed by atoms with van der Waals surface area (Å²) in [7, 11) is 0. The molecule has 1 saturated heterocycles. The van der Waals surface area contributed by atoms with Gasteiger partial charge in [-0.15, -0.1) is 0 Å². The number of imidazole rings is 1. The van der Waals surface area contributed by atoms with Gasteiger partial charge in [0.2, 0.25) is 11.8 Å². The Hall–Kier alpha value is -2.84. The molecule has 0 unspecified atom stereocenters. The number of para-hydroxylation sites is 3. The summed E-state index contributed by atoms with van der Waals surface area (Å²) < 4.78 is 7.29.